The van der Waals surface area contributed by atoms with E-state index in [4.69, 9.17) is 18.9 Å². The Balaban J connectivity index is 2.33. The van der Waals surface area contributed by atoms with Crippen molar-refractivity contribution in [1.29, 1.82) is 0 Å². The van der Waals surface area contributed by atoms with Crippen molar-refractivity contribution >= 4 is 17.9 Å². The maximum Gasteiger partial charge on any atom is 0.335 e. The molecule has 1 aliphatic carbocycles. The van der Waals surface area contributed by atoms with Crippen LogP contribution in [0, 0.1) is 0 Å². The van der Waals surface area contributed by atoms with Crippen molar-refractivity contribution in [1.82, 2.24) is 0 Å². The molecule has 0 saturated heterocycles. The van der Waals surface area contributed by atoms with Crippen LogP contribution in [0.4, 0.5) is 0 Å². The fraction of sp³-hybridized carbons (Fsp3) is 0.138. The first-order valence-corrected chi connectivity index (χ1v) is 11.0. The zero-order valence-corrected chi connectivity index (χ0v) is 20.2. The largest absolute Gasteiger partial charge is 0.454 e. The first kappa shape index (κ1) is 26.0. The Hall–Kier alpha value is -4.65. The van der Waals surface area contributed by atoms with Crippen LogP contribution in [0.1, 0.15) is 36.8 Å². The van der Waals surface area contributed by atoms with E-state index < -0.39 is 17.9 Å². The van der Waals surface area contributed by atoms with Gasteiger partial charge in [0.05, 0.1) is 0 Å². The summed E-state index contributed by atoms with van der Waals surface area (Å²) in [6.45, 7) is 21.7. The lowest BCUT2D eigenvalue weighted by molar-refractivity contribution is -0.131. The van der Waals surface area contributed by atoms with E-state index in [2.05, 4.69) is 32.9 Å². The van der Waals surface area contributed by atoms with Crippen molar-refractivity contribution < 1.29 is 33.3 Å². The molecular weight excluding hydrogens is 460 g/mol. The third-order valence-corrected chi connectivity index (χ3v) is 5.86. The summed E-state index contributed by atoms with van der Waals surface area (Å²) in [5.74, 6) is -1.59. The van der Waals surface area contributed by atoms with Crippen molar-refractivity contribution in [3.63, 3.8) is 0 Å². The third kappa shape index (κ3) is 4.90. The molecule has 0 fully saturated rings. The molecule has 2 atom stereocenters. The first-order chi connectivity index (χ1) is 17.2. The number of carbonyl (C=O) groups excluding carboxylic acids is 3. The van der Waals surface area contributed by atoms with E-state index >= 15 is 0 Å². The maximum atomic E-state index is 12.2. The van der Waals surface area contributed by atoms with E-state index in [1.54, 1.807) is 18.2 Å². The van der Waals surface area contributed by atoms with Gasteiger partial charge in [0, 0.05) is 29.4 Å². The van der Waals surface area contributed by atoms with Gasteiger partial charge >= 0.3 is 17.9 Å². The lowest BCUT2D eigenvalue weighted by atomic mass is 9.72. The zero-order chi connectivity index (χ0) is 26.6. The Bertz CT molecular complexity index is 1210. The summed E-state index contributed by atoms with van der Waals surface area (Å²) < 4.78 is 22.3. The molecule has 2 aromatic rings. The molecule has 1 aliphatic rings. The quantitative estimate of drug-likeness (QED) is 0.143. The predicted octanol–water partition coefficient (Wildman–Crippen LogP) is 5.93. The van der Waals surface area contributed by atoms with E-state index in [1.807, 2.05) is 13.8 Å². The Labute approximate surface area is 209 Å². The lowest BCUT2D eigenvalue weighted by Gasteiger charge is -2.34. The molecule has 184 valence electrons. The molecule has 0 heterocycles. The third-order valence-electron chi connectivity index (χ3n) is 5.86. The van der Waals surface area contributed by atoms with Crippen molar-refractivity contribution in [2.75, 3.05) is 0 Å². The number of benzene rings is 2. The molecule has 3 rings (SSSR count). The van der Waals surface area contributed by atoms with E-state index in [0.717, 1.165) is 34.9 Å². The maximum absolute atomic E-state index is 12.2. The minimum atomic E-state index is -0.706. The molecule has 7 heteroatoms. The average Bonchev–Trinajstić information content (AvgIpc) is 2.88. The highest BCUT2D eigenvalue weighted by Crippen LogP contribution is 2.56. The highest BCUT2D eigenvalue weighted by atomic mass is 16.6. The second-order valence-electron chi connectivity index (χ2n) is 7.93. The standard InChI is InChI=1S/C29H26O7/c1-8-16(5)33-28-21(34-23(30)9-2)14-12-19-20-13-15-22(35-24(31)10-3)29(36-25(32)11-4)27(20)18(7)17(6)26(19)28/h8-15,17-18H,1-5H2,6-7H3. The molecule has 7 nitrogen and oxygen atoms in total. The molecule has 0 aromatic heterocycles. The van der Waals surface area contributed by atoms with Gasteiger partial charge < -0.3 is 18.9 Å². The van der Waals surface area contributed by atoms with Crippen LogP contribution < -0.4 is 18.9 Å². The van der Waals surface area contributed by atoms with Gasteiger partial charge in [-0.1, -0.05) is 58.9 Å². The van der Waals surface area contributed by atoms with Crippen molar-refractivity contribution in [3.05, 3.63) is 98.4 Å². The molecule has 0 saturated carbocycles. The Morgan fingerprint density at radius 3 is 1.42 bits per heavy atom. The number of hydrogen-bond donors (Lipinski definition) is 0. The van der Waals surface area contributed by atoms with E-state index in [1.165, 1.54) is 12.1 Å². The fourth-order valence-corrected chi connectivity index (χ4v) is 4.02. The second-order valence-corrected chi connectivity index (χ2v) is 7.93. The highest BCUT2D eigenvalue weighted by Gasteiger charge is 2.36. The number of rotatable bonds is 9. The summed E-state index contributed by atoms with van der Waals surface area (Å²) in [6.07, 6.45) is 4.54. The van der Waals surface area contributed by atoms with Crippen molar-refractivity contribution in [2.24, 2.45) is 0 Å². The minimum absolute atomic E-state index is 0.0735. The Morgan fingerprint density at radius 2 is 1.03 bits per heavy atom. The SMILES string of the molecule is C=CC(=C)Oc1c(OC(=O)C=C)ccc2c1C(C)C(C)c1c-2ccc(OC(=O)C=C)c1OC(=O)C=C. The van der Waals surface area contributed by atoms with Gasteiger partial charge in [0.1, 0.15) is 5.76 Å². The van der Waals surface area contributed by atoms with Gasteiger partial charge in [0.2, 0.25) is 0 Å². The normalized spacial score (nSPS) is 15.3. The number of carbonyl (C=O) groups is 3. The van der Waals surface area contributed by atoms with Crippen LogP contribution in [0.3, 0.4) is 0 Å². The second kappa shape index (κ2) is 10.7. The van der Waals surface area contributed by atoms with Gasteiger partial charge in [0.15, 0.2) is 23.0 Å². The van der Waals surface area contributed by atoms with Crippen LogP contribution in [0.2, 0.25) is 0 Å². The molecule has 0 N–H and O–H groups in total. The smallest absolute Gasteiger partial charge is 0.335 e. The van der Waals surface area contributed by atoms with E-state index in [-0.39, 0.29) is 34.8 Å². The molecule has 0 aliphatic heterocycles. The summed E-state index contributed by atoms with van der Waals surface area (Å²) >= 11 is 0. The average molecular weight is 487 g/mol. The van der Waals surface area contributed by atoms with Crippen molar-refractivity contribution in [3.8, 4) is 34.1 Å². The van der Waals surface area contributed by atoms with Gasteiger partial charge in [-0.05, 0) is 41.2 Å². The Kier molecular flexibility index (Phi) is 7.74. The molecule has 2 unspecified atom stereocenters. The summed E-state index contributed by atoms with van der Waals surface area (Å²) in [6, 6.07) is 6.67. The topological polar surface area (TPSA) is 88.1 Å². The molecule has 2 aromatic carbocycles. The summed E-state index contributed by atoms with van der Waals surface area (Å²) in [7, 11) is 0. The molecular formula is C29H26O7. The van der Waals surface area contributed by atoms with Gasteiger partial charge in [-0.25, -0.2) is 14.4 Å². The van der Waals surface area contributed by atoms with Gasteiger partial charge in [0.25, 0.3) is 0 Å². The summed E-state index contributed by atoms with van der Waals surface area (Å²) in [5, 5.41) is 0. The van der Waals surface area contributed by atoms with Crippen LogP contribution in [0.15, 0.2) is 87.2 Å². The molecule has 36 heavy (non-hydrogen) atoms. The van der Waals surface area contributed by atoms with Crippen molar-refractivity contribution in [2.45, 2.75) is 25.7 Å². The lowest BCUT2D eigenvalue weighted by Crippen LogP contribution is -2.19. The molecule has 0 radical (unpaired) electrons. The van der Waals surface area contributed by atoms with E-state index in [0.29, 0.717) is 11.3 Å². The monoisotopic (exact) mass is 486 g/mol. The van der Waals surface area contributed by atoms with Gasteiger partial charge in [-0.2, -0.15) is 0 Å². The predicted molar refractivity (Wildman–Crippen MR) is 136 cm³/mol. The number of allylic oxidation sites excluding steroid dienone is 1. The number of fused-ring (bicyclic) bond motifs is 3. The molecule has 0 amide bonds. The van der Waals surface area contributed by atoms with Crippen LogP contribution >= 0.6 is 0 Å². The molecule has 0 bridgehead atoms. The van der Waals surface area contributed by atoms with E-state index in [9.17, 15) is 14.4 Å². The highest BCUT2D eigenvalue weighted by molar-refractivity contribution is 5.90. The van der Waals surface area contributed by atoms with Gasteiger partial charge in [-0.3, -0.25) is 0 Å². The van der Waals surface area contributed by atoms with Crippen LogP contribution in [-0.4, -0.2) is 17.9 Å². The first-order valence-electron chi connectivity index (χ1n) is 11.0. The minimum Gasteiger partial charge on any atom is -0.454 e. The number of ether oxygens (including phenoxy) is 4. The summed E-state index contributed by atoms with van der Waals surface area (Å²) in [5.41, 5.74) is 2.88. The summed E-state index contributed by atoms with van der Waals surface area (Å²) in [4.78, 5) is 36.1. The zero-order valence-electron chi connectivity index (χ0n) is 20.2. The number of hydrogen-bond acceptors (Lipinski definition) is 7. The van der Waals surface area contributed by atoms with Crippen LogP contribution in [0.25, 0.3) is 11.1 Å². The van der Waals surface area contributed by atoms with Crippen LogP contribution in [0.5, 0.6) is 23.0 Å². The fourth-order valence-electron chi connectivity index (χ4n) is 4.02. The Morgan fingerprint density at radius 1 is 0.639 bits per heavy atom. The van der Waals surface area contributed by atoms with Gasteiger partial charge in [-0.15, -0.1) is 0 Å². The number of esters is 3. The van der Waals surface area contributed by atoms with Crippen LogP contribution in [-0.2, 0) is 14.4 Å². The molecule has 0 spiro atoms.